The third-order valence-electron chi connectivity index (χ3n) is 3.18. The minimum atomic E-state index is 0.0291. The van der Waals surface area contributed by atoms with Gasteiger partial charge in [0.1, 0.15) is 11.8 Å². The molecule has 0 fully saturated rings. The van der Waals surface area contributed by atoms with Crippen LogP contribution in [0, 0.1) is 17.2 Å². The standard InChI is InChI=1S/C18H20N4O/c1-13(2)8-18(23)22-15-5-3-4-14(9-15)11-20-17-7-6-16(10-19)21-12-17/h3-7,9,12-13,20H,8,11H2,1-2H3,(H,22,23). The molecule has 0 aliphatic carbocycles. The Morgan fingerprint density at radius 3 is 2.74 bits per heavy atom. The van der Waals surface area contributed by atoms with Crippen molar-refractivity contribution >= 4 is 17.3 Å². The summed E-state index contributed by atoms with van der Waals surface area (Å²) in [6, 6.07) is 13.2. The number of nitrogens with one attached hydrogen (secondary N) is 2. The predicted molar refractivity (Wildman–Crippen MR) is 90.8 cm³/mol. The number of carbonyl (C=O) groups is 1. The van der Waals surface area contributed by atoms with Crippen LogP contribution in [0.4, 0.5) is 11.4 Å². The van der Waals surface area contributed by atoms with Gasteiger partial charge in [0.2, 0.25) is 5.91 Å². The lowest BCUT2D eigenvalue weighted by molar-refractivity contribution is -0.116. The van der Waals surface area contributed by atoms with Gasteiger partial charge in [-0.05, 0) is 35.7 Å². The Kier molecular flexibility index (Phi) is 5.70. The van der Waals surface area contributed by atoms with Crippen molar-refractivity contribution in [2.75, 3.05) is 10.6 Å². The van der Waals surface area contributed by atoms with Crippen LogP contribution in [0.5, 0.6) is 0 Å². The van der Waals surface area contributed by atoms with Crippen LogP contribution in [-0.4, -0.2) is 10.9 Å². The Bertz CT molecular complexity index is 702. The smallest absolute Gasteiger partial charge is 0.224 e. The van der Waals surface area contributed by atoms with Crippen molar-refractivity contribution in [3.05, 3.63) is 53.9 Å². The van der Waals surface area contributed by atoms with Crippen LogP contribution in [0.3, 0.4) is 0 Å². The SMILES string of the molecule is CC(C)CC(=O)Nc1cccc(CNc2ccc(C#N)nc2)c1. The molecule has 2 N–H and O–H groups in total. The van der Waals surface area contributed by atoms with Crippen LogP contribution in [0.2, 0.25) is 0 Å². The molecule has 0 aliphatic heterocycles. The van der Waals surface area contributed by atoms with Gasteiger partial charge in [-0.25, -0.2) is 4.98 Å². The second-order valence-corrected chi connectivity index (χ2v) is 5.74. The van der Waals surface area contributed by atoms with Gasteiger partial charge in [-0.2, -0.15) is 5.26 Å². The van der Waals surface area contributed by atoms with Crippen LogP contribution < -0.4 is 10.6 Å². The lowest BCUT2D eigenvalue weighted by atomic mass is 10.1. The molecule has 0 unspecified atom stereocenters. The highest BCUT2D eigenvalue weighted by atomic mass is 16.1. The summed E-state index contributed by atoms with van der Waals surface area (Å²) < 4.78 is 0. The van der Waals surface area contributed by atoms with Gasteiger partial charge in [0.15, 0.2) is 0 Å². The summed E-state index contributed by atoms with van der Waals surface area (Å²) in [4.78, 5) is 15.8. The maximum atomic E-state index is 11.8. The maximum absolute atomic E-state index is 11.8. The maximum Gasteiger partial charge on any atom is 0.224 e. The van der Waals surface area contributed by atoms with E-state index in [1.54, 1.807) is 12.3 Å². The first kappa shape index (κ1) is 16.5. The molecule has 1 aromatic heterocycles. The molecular formula is C18H20N4O. The first-order chi connectivity index (χ1) is 11.1. The lowest BCUT2D eigenvalue weighted by Crippen LogP contribution is -2.14. The van der Waals surface area contributed by atoms with E-state index in [1.807, 2.05) is 50.2 Å². The Balaban J connectivity index is 1.94. The number of pyridine rings is 1. The molecule has 5 nitrogen and oxygen atoms in total. The molecule has 1 aromatic carbocycles. The van der Waals surface area contributed by atoms with Crippen molar-refractivity contribution in [1.82, 2.24) is 4.98 Å². The lowest BCUT2D eigenvalue weighted by Gasteiger charge is -2.10. The molecule has 0 saturated heterocycles. The second-order valence-electron chi connectivity index (χ2n) is 5.74. The average molecular weight is 308 g/mol. The molecule has 5 heteroatoms. The van der Waals surface area contributed by atoms with Gasteiger partial charge in [-0.15, -0.1) is 0 Å². The summed E-state index contributed by atoms with van der Waals surface area (Å²) >= 11 is 0. The van der Waals surface area contributed by atoms with Gasteiger partial charge >= 0.3 is 0 Å². The van der Waals surface area contributed by atoms with Crippen LogP contribution in [0.1, 0.15) is 31.5 Å². The van der Waals surface area contributed by atoms with E-state index in [0.717, 1.165) is 16.9 Å². The zero-order chi connectivity index (χ0) is 16.7. The molecule has 0 radical (unpaired) electrons. The summed E-state index contributed by atoms with van der Waals surface area (Å²) in [5.74, 6) is 0.366. The highest BCUT2D eigenvalue weighted by molar-refractivity contribution is 5.90. The molecule has 1 heterocycles. The number of benzene rings is 1. The van der Waals surface area contributed by atoms with E-state index in [9.17, 15) is 4.79 Å². The third-order valence-corrected chi connectivity index (χ3v) is 3.18. The molecule has 118 valence electrons. The fourth-order valence-corrected chi connectivity index (χ4v) is 2.11. The van der Waals surface area contributed by atoms with E-state index >= 15 is 0 Å². The van der Waals surface area contributed by atoms with E-state index in [2.05, 4.69) is 15.6 Å². The molecule has 0 aliphatic rings. The molecule has 23 heavy (non-hydrogen) atoms. The summed E-state index contributed by atoms with van der Waals surface area (Å²) in [5, 5.41) is 14.9. The van der Waals surface area contributed by atoms with E-state index in [-0.39, 0.29) is 5.91 Å². The number of nitrogens with zero attached hydrogens (tertiary/aromatic N) is 2. The van der Waals surface area contributed by atoms with Gasteiger partial charge in [-0.3, -0.25) is 4.79 Å². The summed E-state index contributed by atoms with van der Waals surface area (Å²) in [6.45, 7) is 4.65. The van der Waals surface area contributed by atoms with E-state index in [1.165, 1.54) is 0 Å². The number of hydrogen-bond donors (Lipinski definition) is 2. The summed E-state index contributed by atoms with van der Waals surface area (Å²) in [5.41, 5.74) is 3.09. The zero-order valence-electron chi connectivity index (χ0n) is 13.3. The largest absolute Gasteiger partial charge is 0.380 e. The third kappa shape index (κ3) is 5.44. The number of carbonyl (C=O) groups excluding carboxylic acids is 1. The predicted octanol–water partition coefficient (Wildman–Crippen LogP) is 3.55. The van der Waals surface area contributed by atoms with E-state index in [4.69, 9.17) is 5.26 Å². The van der Waals surface area contributed by atoms with Crippen LogP contribution in [0.25, 0.3) is 0 Å². The quantitative estimate of drug-likeness (QED) is 0.855. The van der Waals surface area contributed by atoms with Crippen molar-refractivity contribution in [1.29, 1.82) is 5.26 Å². The fourth-order valence-electron chi connectivity index (χ4n) is 2.11. The molecule has 0 saturated carbocycles. The number of amides is 1. The van der Waals surface area contributed by atoms with Crippen molar-refractivity contribution in [2.45, 2.75) is 26.8 Å². The minimum Gasteiger partial charge on any atom is -0.380 e. The van der Waals surface area contributed by atoms with Gasteiger partial charge < -0.3 is 10.6 Å². The average Bonchev–Trinajstić information content (AvgIpc) is 2.53. The van der Waals surface area contributed by atoms with E-state index in [0.29, 0.717) is 24.6 Å². The van der Waals surface area contributed by atoms with Crippen molar-refractivity contribution < 1.29 is 4.79 Å². The van der Waals surface area contributed by atoms with Gasteiger partial charge in [-0.1, -0.05) is 26.0 Å². The van der Waals surface area contributed by atoms with E-state index < -0.39 is 0 Å². The highest BCUT2D eigenvalue weighted by Gasteiger charge is 2.05. The minimum absolute atomic E-state index is 0.0291. The van der Waals surface area contributed by atoms with Gasteiger partial charge in [0.25, 0.3) is 0 Å². The number of rotatable bonds is 6. The summed E-state index contributed by atoms with van der Waals surface area (Å²) in [7, 11) is 0. The normalized spacial score (nSPS) is 10.2. The topological polar surface area (TPSA) is 77.8 Å². The van der Waals surface area contributed by atoms with Crippen molar-refractivity contribution in [2.24, 2.45) is 5.92 Å². The van der Waals surface area contributed by atoms with Crippen LogP contribution in [0.15, 0.2) is 42.6 Å². The Labute approximate surface area is 136 Å². The first-order valence-electron chi connectivity index (χ1n) is 7.55. The fraction of sp³-hybridized carbons (Fsp3) is 0.278. The Morgan fingerprint density at radius 1 is 1.26 bits per heavy atom. The van der Waals surface area contributed by atoms with Crippen LogP contribution >= 0.6 is 0 Å². The molecule has 0 spiro atoms. The molecule has 1 amide bonds. The number of aromatic nitrogens is 1. The molecule has 2 aromatic rings. The molecular weight excluding hydrogens is 288 g/mol. The number of anilines is 2. The second kappa shape index (κ2) is 7.95. The monoisotopic (exact) mass is 308 g/mol. The zero-order valence-corrected chi connectivity index (χ0v) is 13.3. The highest BCUT2D eigenvalue weighted by Crippen LogP contribution is 2.14. The molecule has 2 rings (SSSR count). The van der Waals surface area contributed by atoms with Gasteiger partial charge in [0.05, 0.1) is 11.9 Å². The number of nitriles is 1. The number of hydrogen-bond acceptors (Lipinski definition) is 4. The van der Waals surface area contributed by atoms with Crippen LogP contribution in [-0.2, 0) is 11.3 Å². The Hall–Kier alpha value is -2.87. The summed E-state index contributed by atoms with van der Waals surface area (Å²) in [6.07, 6.45) is 2.15. The molecule has 0 bridgehead atoms. The molecule has 0 atom stereocenters. The van der Waals surface area contributed by atoms with Crippen molar-refractivity contribution in [3.8, 4) is 6.07 Å². The Morgan fingerprint density at radius 2 is 2.09 bits per heavy atom. The van der Waals surface area contributed by atoms with Gasteiger partial charge in [0, 0.05) is 18.7 Å². The van der Waals surface area contributed by atoms with Crippen molar-refractivity contribution in [3.63, 3.8) is 0 Å². The first-order valence-corrected chi connectivity index (χ1v) is 7.55.